The standard InChI is InChI=1S/C8H14N2O/c9-8(11)7-4-6-2-1-3-10(7)5-6/h6-7H,1-5H2,(H2,9,11)/t6-,7+/m1/s1. The van der Waals surface area contributed by atoms with Crippen LogP contribution in [0.1, 0.15) is 19.3 Å². The van der Waals surface area contributed by atoms with Gasteiger partial charge in [0.05, 0.1) is 6.04 Å². The van der Waals surface area contributed by atoms with Gasteiger partial charge in [0.15, 0.2) is 0 Å². The number of piperidine rings is 1. The van der Waals surface area contributed by atoms with Gasteiger partial charge in [-0.25, -0.2) is 0 Å². The Hall–Kier alpha value is -0.570. The van der Waals surface area contributed by atoms with E-state index >= 15 is 0 Å². The van der Waals surface area contributed by atoms with E-state index < -0.39 is 0 Å². The van der Waals surface area contributed by atoms with Crippen molar-refractivity contribution in [2.45, 2.75) is 25.3 Å². The van der Waals surface area contributed by atoms with Crippen LogP contribution >= 0.6 is 0 Å². The number of carbonyl (C=O) groups excluding carboxylic acids is 1. The highest BCUT2D eigenvalue weighted by molar-refractivity contribution is 5.80. The Balaban J connectivity index is 2.08. The molecular formula is C8H14N2O. The van der Waals surface area contributed by atoms with Gasteiger partial charge in [0.2, 0.25) is 5.91 Å². The minimum atomic E-state index is -0.130. The fourth-order valence-corrected chi connectivity index (χ4v) is 2.33. The van der Waals surface area contributed by atoms with Crippen LogP contribution in [0.2, 0.25) is 0 Å². The van der Waals surface area contributed by atoms with Gasteiger partial charge in [-0.3, -0.25) is 9.69 Å². The van der Waals surface area contributed by atoms with Gasteiger partial charge >= 0.3 is 0 Å². The Kier molecular flexibility index (Phi) is 1.60. The van der Waals surface area contributed by atoms with Gasteiger partial charge in [0.1, 0.15) is 0 Å². The molecule has 3 heteroatoms. The molecule has 2 heterocycles. The molecular weight excluding hydrogens is 140 g/mol. The number of hydrogen-bond acceptors (Lipinski definition) is 2. The van der Waals surface area contributed by atoms with Gasteiger partial charge in [-0.2, -0.15) is 0 Å². The lowest BCUT2D eigenvalue weighted by molar-refractivity contribution is -0.122. The molecule has 2 aliphatic heterocycles. The smallest absolute Gasteiger partial charge is 0.234 e. The minimum absolute atomic E-state index is 0.0579. The van der Waals surface area contributed by atoms with E-state index in [4.69, 9.17) is 5.73 Å². The molecule has 3 atom stereocenters. The molecule has 0 aromatic carbocycles. The van der Waals surface area contributed by atoms with Crippen molar-refractivity contribution in [2.75, 3.05) is 13.1 Å². The highest BCUT2D eigenvalue weighted by Gasteiger charge is 2.37. The third-order valence-electron chi connectivity index (χ3n) is 2.88. The third kappa shape index (κ3) is 1.13. The van der Waals surface area contributed by atoms with E-state index in [-0.39, 0.29) is 11.9 Å². The van der Waals surface area contributed by atoms with Gasteiger partial charge in [0.25, 0.3) is 0 Å². The van der Waals surface area contributed by atoms with E-state index in [9.17, 15) is 4.79 Å². The summed E-state index contributed by atoms with van der Waals surface area (Å²) in [7, 11) is 0. The van der Waals surface area contributed by atoms with Crippen molar-refractivity contribution >= 4 is 5.91 Å². The van der Waals surface area contributed by atoms with Gasteiger partial charge in [0, 0.05) is 6.54 Å². The van der Waals surface area contributed by atoms with Crippen molar-refractivity contribution in [3.05, 3.63) is 0 Å². The van der Waals surface area contributed by atoms with Crippen LogP contribution < -0.4 is 5.73 Å². The predicted octanol–water partition coefficient (Wildman–Crippen LogP) is -0.0440. The van der Waals surface area contributed by atoms with Crippen LogP contribution in [0.4, 0.5) is 0 Å². The molecule has 0 aromatic rings. The van der Waals surface area contributed by atoms with E-state index in [2.05, 4.69) is 4.90 Å². The summed E-state index contributed by atoms with van der Waals surface area (Å²) in [5.41, 5.74) is 5.27. The largest absolute Gasteiger partial charge is 0.368 e. The Bertz CT molecular complexity index is 181. The molecule has 2 aliphatic rings. The van der Waals surface area contributed by atoms with Gasteiger partial charge in [-0.1, -0.05) is 0 Å². The summed E-state index contributed by atoms with van der Waals surface area (Å²) < 4.78 is 0. The van der Waals surface area contributed by atoms with E-state index in [0.717, 1.165) is 25.4 Å². The zero-order valence-electron chi connectivity index (χ0n) is 6.62. The quantitative estimate of drug-likeness (QED) is 0.576. The van der Waals surface area contributed by atoms with Crippen LogP contribution in [0.3, 0.4) is 0 Å². The van der Waals surface area contributed by atoms with Crippen molar-refractivity contribution in [3.63, 3.8) is 0 Å². The van der Waals surface area contributed by atoms with Gasteiger partial charge in [-0.05, 0) is 31.7 Å². The number of amides is 1. The molecule has 1 amide bonds. The lowest BCUT2D eigenvalue weighted by atomic mass is 10.00. The number of fused-ring (bicyclic) bond motifs is 2. The molecule has 3 nitrogen and oxygen atoms in total. The summed E-state index contributed by atoms with van der Waals surface area (Å²) in [4.78, 5) is 13.2. The van der Waals surface area contributed by atoms with E-state index in [1.807, 2.05) is 0 Å². The molecule has 62 valence electrons. The molecule has 2 N–H and O–H groups in total. The highest BCUT2D eigenvalue weighted by atomic mass is 16.1. The van der Waals surface area contributed by atoms with Crippen LogP contribution in [0.15, 0.2) is 0 Å². The zero-order chi connectivity index (χ0) is 7.84. The molecule has 1 unspecified atom stereocenters. The fourth-order valence-electron chi connectivity index (χ4n) is 2.33. The Morgan fingerprint density at radius 3 is 3.00 bits per heavy atom. The Morgan fingerprint density at radius 1 is 1.55 bits per heavy atom. The fraction of sp³-hybridized carbons (Fsp3) is 0.875. The Labute approximate surface area is 66.5 Å². The summed E-state index contributed by atoms with van der Waals surface area (Å²) in [5.74, 6) is 0.621. The molecule has 0 radical (unpaired) electrons. The first-order valence-electron chi connectivity index (χ1n) is 4.31. The highest BCUT2D eigenvalue weighted by Crippen LogP contribution is 2.31. The summed E-state index contributed by atoms with van der Waals surface area (Å²) in [5, 5.41) is 0. The van der Waals surface area contributed by atoms with Crippen LogP contribution in [0.5, 0.6) is 0 Å². The van der Waals surface area contributed by atoms with Crippen LogP contribution in [-0.2, 0) is 4.79 Å². The van der Waals surface area contributed by atoms with E-state index in [1.54, 1.807) is 0 Å². The van der Waals surface area contributed by atoms with Crippen molar-refractivity contribution in [1.29, 1.82) is 0 Å². The third-order valence-corrected chi connectivity index (χ3v) is 2.88. The molecule has 2 fully saturated rings. The van der Waals surface area contributed by atoms with Crippen LogP contribution in [-0.4, -0.2) is 29.9 Å². The van der Waals surface area contributed by atoms with Gasteiger partial charge in [-0.15, -0.1) is 0 Å². The number of nitrogens with two attached hydrogens (primary N) is 1. The number of carbonyl (C=O) groups is 1. The molecule has 2 bridgehead atoms. The van der Waals surface area contributed by atoms with Crippen LogP contribution in [0.25, 0.3) is 0 Å². The average molecular weight is 154 g/mol. The maximum absolute atomic E-state index is 10.9. The zero-order valence-corrected chi connectivity index (χ0v) is 6.62. The van der Waals surface area contributed by atoms with Gasteiger partial charge < -0.3 is 5.73 Å². The number of hydrogen-bond donors (Lipinski definition) is 1. The second-order valence-corrected chi connectivity index (χ2v) is 3.66. The molecule has 0 aromatic heterocycles. The maximum atomic E-state index is 10.9. The van der Waals surface area contributed by atoms with E-state index in [1.165, 1.54) is 12.8 Å². The van der Waals surface area contributed by atoms with Crippen LogP contribution in [0, 0.1) is 5.92 Å². The summed E-state index contributed by atoms with van der Waals surface area (Å²) in [6.07, 6.45) is 3.55. The first-order valence-corrected chi connectivity index (χ1v) is 4.31. The lowest BCUT2D eigenvalue weighted by Crippen LogP contribution is -2.41. The molecule has 0 spiro atoms. The molecule has 2 saturated heterocycles. The number of primary amides is 1. The number of nitrogens with zero attached hydrogens (tertiary/aromatic N) is 1. The topological polar surface area (TPSA) is 46.3 Å². The molecule has 11 heavy (non-hydrogen) atoms. The molecule has 2 rings (SSSR count). The lowest BCUT2D eigenvalue weighted by Gasteiger charge is -2.24. The maximum Gasteiger partial charge on any atom is 0.234 e. The second-order valence-electron chi connectivity index (χ2n) is 3.66. The van der Waals surface area contributed by atoms with E-state index in [0.29, 0.717) is 0 Å². The summed E-state index contributed by atoms with van der Waals surface area (Å²) >= 11 is 0. The summed E-state index contributed by atoms with van der Waals surface area (Å²) in [6, 6.07) is 0.0579. The normalized spacial score (nSPS) is 42.4. The minimum Gasteiger partial charge on any atom is -0.368 e. The van der Waals surface area contributed by atoms with Crippen molar-refractivity contribution in [3.8, 4) is 0 Å². The number of rotatable bonds is 1. The molecule has 0 aliphatic carbocycles. The Morgan fingerprint density at radius 2 is 2.36 bits per heavy atom. The first-order chi connectivity index (χ1) is 5.27. The SMILES string of the molecule is NC(=O)[C@@H]1C[C@H]2CCCN1C2. The second kappa shape index (κ2) is 2.48. The van der Waals surface area contributed by atoms with Crippen molar-refractivity contribution in [1.82, 2.24) is 4.90 Å². The first kappa shape index (κ1) is 7.10. The average Bonchev–Trinajstić information content (AvgIpc) is 2.27. The predicted molar refractivity (Wildman–Crippen MR) is 41.9 cm³/mol. The monoisotopic (exact) mass is 154 g/mol. The van der Waals surface area contributed by atoms with Crippen molar-refractivity contribution in [2.24, 2.45) is 11.7 Å². The molecule has 0 saturated carbocycles. The summed E-state index contributed by atoms with van der Waals surface area (Å²) in [6.45, 7) is 2.18. The van der Waals surface area contributed by atoms with Crippen molar-refractivity contribution < 1.29 is 4.79 Å².